The Morgan fingerprint density at radius 2 is 2.08 bits per heavy atom. The Morgan fingerprint density at radius 1 is 1.28 bits per heavy atom. The second-order valence-corrected chi connectivity index (χ2v) is 6.85. The molecule has 1 saturated carbocycles. The Morgan fingerprint density at radius 3 is 2.80 bits per heavy atom. The molecule has 1 fully saturated rings. The number of carbonyl (C=O) groups excluding carboxylic acids is 1. The zero-order valence-electron chi connectivity index (χ0n) is 14.8. The molecule has 6 heteroatoms. The summed E-state index contributed by atoms with van der Waals surface area (Å²) in [6, 6.07) is 3.70. The van der Waals surface area contributed by atoms with Crippen LogP contribution in [0.2, 0.25) is 0 Å². The van der Waals surface area contributed by atoms with Crippen LogP contribution in [0.3, 0.4) is 0 Å². The van der Waals surface area contributed by atoms with Crippen molar-refractivity contribution in [1.82, 2.24) is 20.4 Å². The monoisotopic (exact) mass is 342 g/mol. The lowest BCUT2D eigenvalue weighted by Gasteiger charge is -2.27. The standard InChI is InChI=1S/C19H26N4O2/c1-2-14-5-7-15(8-6-14)12-21-17(24)9-10-18-22-19(23-25-18)16-4-3-11-20-13-16/h3-4,11,13-15H,2,5-10,12H2,1H3,(H,21,24). The number of aromatic nitrogens is 3. The maximum absolute atomic E-state index is 12.0. The van der Waals surface area contributed by atoms with Crippen LogP contribution in [-0.4, -0.2) is 27.6 Å². The Hall–Kier alpha value is -2.24. The smallest absolute Gasteiger partial charge is 0.227 e. The van der Waals surface area contributed by atoms with E-state index in [-0.39, 0.29) is 5.91 Å². The van der Waals surface area contributed by atoms with Crippen LogP contribution in [0.25, 0.3) is 11.4 Å². The molecule has 1 amide bonds. The molecule has 2 aromatic heterocycles. The third-order valence-corrected chi connectivity index (χ3v) is 5.09. The van der Waals surface area contributed by atoms with Crippen LogP contribution in [0.1, 0.15) is 51.3 Å². The molecule has 2 aromatic rings. The van der Waals surface area contributed by atoms with Gasteiger partial charge in [0.05, 0.1) is 0 Å². The van der Waals surface area contributed by atoms with Crippen LogP contribution in [0.15, 0.2) is 29.0 Å². The predicted octanol–water partition coefficient (Wildman–Crippen LogP) is 3.40. The highest BCUT2D eigenvalue weighted by Crippen LogP contribution is 2.30. The topological polar surface area (TPSA) is 80.9 Å². The van der Waals surface area contributed by atoms with E-state index in [9.17, 15) is 4.79 Å². The summed E-state index contributed by atoms with van der Waals surface area (Å²) in [5.41, 5.74) is 0.810. The van der Waals surface area contributed by atoms with Crippen LogP contribution >= 0.6 is 0 Å². The van der Waals surface area contributed by atoms with Gasteiger partial charge in [0, 0.05) is 37.3 Å². The van der Waals surface area contributed by atoms with Gasteiger partial charge in [-0.05, 0) is 36.8 Å². The van der Waals surface area contributed by atoms with Gasteiger partial charge in [-0.1, -0.05) is 31.3 Å². The van der Waals surface area contributed by atoms with Crippen molar-refractivity contribution >= 4 is 5.91 Å². The van der Waals surface area contributed by atoms with Gasteiger partial charge in [0.2, 0.25) is 17.6 Å². The van der Waals surface area contributed by atoms with Gasteiger partial charge in [-0.3, -0.25) is 9.78 Å². The molecule has 0 unspecified atom stereocenters. The van der Waals surface area contributed by atoms with E-state index in [2.05, 4.69) is 27.4 Å². The molecule has 25 heavy (non-hydrogen) atoms. The van der Waals surface area contributed by atoms with Crippen LogP contribution in [0.5, 0.6) is 0 Å². The Kier molecular flexibility index (Phi) is 6.14. The molecule has 0 bridgehead atoms. The first-order chi connectivity index (χ1) is 12.2. The number of carbonyl (C=O) groups is 1. The number of pyridine rings is 1. The lowest BCUT2D eigenvalue weighted by Crippen LogP contribution is -2.31. The fraction of sp³-hybridized carbons (Fsp3) is 0.579. The van der Waals surface area contributed by atoms with Crippen molar-refractivity contribution in [2.75, 3.05) is 6.54 Å². The molecule has 0 aliphatic heterocycles. The lowest BCUT2D eigenvalue weighted by molar-refractivity contribution is -0.121. The average Bonchev–Trinajstić information content (AvgIpc) is 3.15. The van der Waals surface area contributed by atoms with Crippen molar-refractivity contribution in [1.29, 1.82) is 0 Å². The third-order valence-electron chi connectivity index (χ3n) is 5.09. The number of nitrogens with one attached hydrogen (secondary N) is 1. The van der Waals surface area contributed by atoms with E-state index in [1.807, 2.05) is 12.1 Å². The second kappa shape index (κ2) is 8.74. The molecule has 0 saturated heterocycles. The largest absolute Gasteiger partial charge is 0.356 e. The summed E-state index contributed by atoms with van der Waals surface area (Å²) in [6.45, 7) is 3.06. The Balaban J connectivity index is 1.39. The lowest BCUT2D eigenvalue weighted by atomic mass is 9.81. The molecule has 0 aromatic carbocycles. The van der Waals surface area contributed by atoms with E-state index < -0.39 is 0 Å². The quantitative estimate of drug-likeness (QED) is 0.834. The van der Waals surface area contributed by atoms with Gasteiger partial charge in [0.15, 0.2) is 0 Å². The number of aryl methyl sites for hydroxylation is 1. The summed E-state index contributed by atoms with van der Waals surface area (Å²) in [5, 5.41) is 7.00. The molecule has 1 aliphatic carbocycles. The first kappa shape index (κ1) is 17.6. The van der Waals surface area contributed by atoms with Crippen LogP contribution in [0, 0.1) is 11.8 Å². The third kappa shape index (κ3) is 5.11. The van der Waals surface area contributed by atoms with Crippen LogP contribution < -0.4 is 5.32 Å². The fourth-order valence-corrected chi connectivity index (χ4v) is 3.38. The highest BCUT2D eigenvalue weighted by molar-refractivity contribution is 5.76. The summed E-state index contributed by atoms with van der Waals surface area (Å²) in [4.78, 5) is 20.4. The van der Waals surface area contributed by atoms with Gasteiger partial charge >= 0.3 is 0 Å². The minimum absolute atomic E-state index is 0.0544. The van der Waals surface area contributed by atoms with E-state index >= 15 is 0 Å². The minimum Gasteiger partial charge on any atom is -0.356 e. The molecular weight excluding hydrogens is 316 g/mol. The number of rotatable bonds is 7. The molecule has 0 radical (unpaired) electrons. The molecule has 0 spiro atoms. The highest BCUT2D eigenvalue weighted by Gasteiger charge is 2.20. The normalized spacial score (nSPS) is 20.4. The SMILES string of the molecule is CCC1CCC(CNC(=O)CCc2nc(-c3cccnc3)no2)CC1. The van der Waals surface area contributed by atoms with E-state index in [0.717, 1.165) is 18.0 Å². The Labute approximate surface area is 148 Å². The van der Waals surface area contributed by atoms with E-state index in [0.29, 0.717) is 30.5 Å². The van der Waals surface area contributed by atoms with E-state index in [4.69, 9.17) is 4.52 Å². The summed E-state index contributed by atoms with van der Waals surface area (Å²) in [6.07, 6.45) is 10.6. The molecule has 6 nitrogen and oxygen atoms in total. The van der Waals surface area contributed by atoms with Crippen LogP contribution in [-0.2, 0) is 11.2 Å². The van der Waals surface area contributed by atoms with Crippen molar-refractivity contribution < 1.29 is 9.32 Å². The molecule has 3 rings (SSSR count). The highest BCUT2D eigenvalue weighted by atomic mass is 16.5. The van der Waals surface area contributed by atoms with Gasteiger partial charge in [-0.25, -0.2) is 0 Å². The molecule has 1 aliphatic rings. The maximum Gasteiger partial charge on any atom is 0.227 e. The average molecular weight is 342 g/mol. The summed E-state index contributed by atoms with van der Waals surface area (Å²) in [7, 11) is 0. The van der Waals surface area contributed by atoms with Gasteiger partial charge in [-0.15, -0.1) is 0 Å². The van der Waals surface area contributed by atoms with Gasteiger partial charge < -0.3 is 9.84 Å². The summed E-state index contributed by atoms with van der Waals surface area (Å²) < 4.78 is 5.22. The first-order valence-electron chi connectivity index (χ1n) is 9.24. The second-order valence-electron chi connectivity index (χ2n) is 6.85. The molecular formula is C19H26N4O2. The molecule has 134 valence electrons. The minimum atomic E-state index is 0.0544. The molecule has 0 atom stereocenters. The van der Waals surface area contributed by atoms with Crippen molar-refractivity contribution in [3.8, 4) is 11.4 Å². The zero-order chi connectivity index (χ0) is 17.5. The van der Waals surface area contributed by atoms with Crippen molar-refractivity contribution in [2.45, 2.75) is 51.9 Å². The number of amides is 1. The van der Waals surface area contributed by atoms with Gasteiger partial charge in [0.1, 0.15) is 0 Å². The zero-order valence-corrected chi connectivity index (χ0v) is 14.8. The maximum atomic E-state index is 12.0. The number of hydrogen-bond donors (Lipinski definition) is 1. The molecule has 2 heterocycles. The van der Waals surface area contributed by atoms with E-state index in [1.54, 1.807) is 12.4 Å². The van der Waals surface area contributed by atoms with E-state index in [1.165, 1.54) is 32.1 Å². The van der Waals surface area contributed by atoms with Crippen molar-refractivity contribution in [3.63, 3.8) is 0 Å². The van der Waals surface area contributed by atoms with Crippen LogP contribution in [0.4, 0.5) is 0 Å². The van der Waals surface area contributed by atoms with Gasteiger partial charge in [0.25, 0.3) is 0 Å². The van der Waals surface area contributed by atoms with Gasteiger partial charge in [-0.2, -0.15) is 4.98 Å². The molecule has 1 N–H and O–H groups in total. The number of nitrogens with zero attached hydrogens (tertiary/aromatic N) is 3. The predicted molar refractivity (Wildman–Crippen MR) is 94.6 cm³/mol. The summed E-state index contributed by atoms with van der Waals surface area (Å²) >= 11 is 0. The summed E-state index contributed by atoms with van der Waals surface area (Å²) in [5.74, 6) is 2.57. The van der Waals surface area contributed by atoms with Crippen molar-refractivity contribution in [3.05, 3.63) is 30.4 Å². The Bertz CT molecular complexity index is 663. The van der Waals surface area contributed by atoms with Crippen molar-refractivity contribution in [2.24, 2.45) is 11.8 Å². The first-order valence-corrected chi connectivity index (χ1v) is 9.24. The fourth-order valence-electron chi connectivity index (χ4n) is 3.38. The number of hydrogen-bond acceptors (Lipinski definition) is 5.